The summed E-state index contributed by atoms with van der Waals surface area (Å²) in [6, 6.07) is 6.09. The molecule has 1 saturated heterocycles. The number of carbonyl (C=O) groups excluding carboxylic acids is 2. The predicted octanol–water partition coefficient (Wildman–Crippen LogP) is 1.73. The van der Waals surface area contributed by atoms with Crippen LogP contribution in [0.1, 0.15) is 25.3 Å². The number of rotatable bonds is 6. The Morgan fingerprint density at radius 2 is 2.08 bits per heavy atom. The number of halogens is 1. The first-order valence-electron chi connectivity index (χ1n) is 8.39. The molecule has 1 aliphatic rings. The molecule has 1 heterocycles. The van der Waals surface area contributed by atoms with Gasteiger partial charge in [-0.3, -0.25) is 14.5 Å². The molecule has 132 valence electrons. The predicted molar refractivity (Wildman–Crippen MR) is 90.8 cm³/mol. The van der Waals surface area contributed by atoms with E-state index in [1.54, 1.807) is 30.0 Å². The molecular formula is C18H26FN3O2. The highest BCUT2D eigenvalue weighted by molar-refractivity contribution is 5.83. The Morgan fingerprint density at radius 3 is 2.71 bits per heavy atom. The molecule has 1 aromatic rings. The van der Waals surface area contributed by atoms with Crippen LogP contribution < -0.4 is 0 Å². The van der Waals surface area contributed by atoms with E-state index in [0.29, 0.717) is 13.1 Å². The molecule has 0 bridgehead atoms. The van der Waals surface area contributed by atoms with Gasteiger partial charge < -0.3 is 9.80 Å². The molecule has 0 aliphatic carbocycles. The van der Waals surface area contributed by atoms with Gasteiger partial charge in [0.1, 0.15) is 5.82 Å². The first-order chi connectivity index (χ1) is 11.4. The van der Waals surface area contributed by atoms with E-state index in [-0.39, 0.29) is 30.2 Å². The normalized spacial score (nSPS) is 17.8. The van der Waals surface area contributed by atoms with Crippen LogP contribution in [0, 0.1) is 5.82 Å². The van der Waals surface area contributed by atoms with Crippen molar-refractivity contribution in [3.63, 3.8) is 0 Å². The zero-order chi connectivity index (χ0) is 17.7. The fourth-order valence-electron chi connectivity index (χ4n) is 3.10. The van der Waals surface area contributed by atoms with Gasteiger partial charge in [0, 0.05) is 27.2 Å². The van der Waals surface area contributed by atoms with Gasteiger partial charge in [-0.15, -0.1) is 0 Å². The molecule has 1 fully saturated rings. The van der Waals surface area contributed by atoms with Crippen molar-refractivity contribution < 1.29 is 14.0 Å². The molecule has 0 N–H and O–H groups in total. The molecule has 1 atom stereocenters. The maximum Gasteiger partial charge on any atom is 0.239 e. The van der Waals surface area contributed by atoms with Gasteiger partial charge in [-0.2, -0.15) is 0 Å². The number of benzene rings is 1. The van der Waals surface area contributed by atoms with Crippen molar-refractivity contribution in [2.75, 3.05) is 33.7 Å². The van der Waals surface area contributed by atoms with Gasteiger partial charge in [0.25, 0.3) is 0 Å². The quantitative estimate of drug-likeness (QED) is 0.795. The molecule has 5 nitrogen and oxygen atoms in total. The van der Waals surface area contributed by atoms with Crippen LogP contribution in [0.4, 0.5) is 4.39 Å². The summed E-state index contributed by atoms with van der Waals surface area (Å²) < 4.78 is 13.3. The van der Waals surface area contributed by atoms with Gasteiger partial charge in [-0.1, -0.05) is 12.1 Å². The molecule has 1 aliphatic heterocycles. The van der Waals surface area contributed by atoms with Crippen molar-refractivity contribution in [3.8, 4) is 0 Å². The summed E-state index contributed by atoms with van der Waals surface area (Å²) in [6.07, 6.45) is 1.72. The third kappa shape index (κ3) is 4.54. The molecule has 6 heteroatoms. The molecule has 0 aromatic heterocycles. The summed E-state index contributed by atoms with van der Waals surface area (Å²) in [4.78, 5) is 30.1. The van der Waals surface area contributed by atoms with E-state index in [9.17, 15) is 14.0 Å². The zero-order valence-electron chi connectivity index (χ0n) is 14.7. The maximum atomic E-state index is 13.3. The summed E-state index contributed by atoms with van der Waals surface area (Å²) in [5, 5.41) is 0. The smallest absolute Gasteiger partial charge is 0.239 e. The number of hydrogen-bond donors (Lipinski definition) is 0. The molecule has 1 aromatic carbocycles. The standard InChI is InChI=1S/C18H26FN3O2/c1-4-21(12-14-7-5-8-15(19)11-14)17(23)13-22-10-6-9-16(22)18(24)20(2)3/h5,7-8,11,16H,4,6,9-10,12-13H2,1-3H3. The van der Waals surface area contributed by atoms with Crippen LogP contribution in [0.3, 0.4) is 0 Å². The summed E-state index contributed by atoms with van der Waals surface area (Å²) in [5.74, 6) is -0.277. The van der Waals surface area contributed by atoms with Crippen molar-refractivity contribution in [2.24, 2.45) is 0 Å². The Hall–Kier alpha value is -1.95. The number of likely N-dealkylation sites (tertiary alicyclic amines) is 1. The highest BCUT2D eigenvalue weighted by Gasteiger charge is 2.33. The molecular weight excluding hydrogens is 309 g/mol. The minimum atomic E-state index is -0.299. The van der Waals surface area contributed by atoms with Gasteiger partial charge in [-0.25, -0.2) is 4.39 Å². The summed E-state index contributed by atoms with van der Waals surface area (Å²) in [7, 11) is 3.48. The number of amides is 2. The van der Waals surface area contributed by atoms with Gasteiger partial charge in [0.15, 0.2) is 0 Å². The van der Waals surface area contributed by atoms with Crippen molar-refractivity contribution in [3.05, 3.63) is 35.6 Å². The van der Waals surface area contributed by atoms with Crippen LogP contribution in [-0.2, 0) is 16.1 Å². The first-order valence-corrected chi connectivity index (χ1v) is 8.39. The van der Waals surface area contributed by atoms with Crippen LogP contribution in [0.15, 0.2) is 24.3 Å². The molecule has 2 rings (SSSR count). The van der Waals surface area contributed by atoms with E-state index in [2.05, 4.69) is 0 Å². The highest BCUT2D eigenvalue weighted by atomic mass is 19.1. The Balaban J connectivity index is 1.99. The first kappa shape index (κ1) is 18.4. The third-order valence-electron chi connectivity index (χ3n) is 4.42. The van der Waals surface area contributed by atoms with Gasteiger partial charge in [0.2, 0.25) is 11.8 Å². The molecule has 0 saturated carbocycles. The molecule has 2 amide bonds. The minimum Gasteiger partial charge on any atom is -0.347 e. The number of nitrogens with zero attached hydrogens (tertiary/aromatic N) is 3. The van der Waals surface area contributed by atoms with E-state index in [1.807, 2.05) is 17.9 Å². The minimum absolute atomic E-state index is 0.0276. The van der Waals surface area contributed by atoms with Crippen molar-refractivity contribution in [1.82, 2.24) is 14.7 Å². The molecule has 0 radical (unpaired) electrons. The number of likely N-dealkylation sites (N-methyl/N-ethyl adjacent to an activating group) is 2. The van der Waals surface area contributed by atoms with Gasteiger partial charge in [0.05, 0.1) is 12.6 Å². The second-order valence-corrected chi connectivity index (χ2v) is 6.40. The molecule has 24 heavy (non-hydrogen) atoms. The fraction of sp³-hybridized carbons (Fsp3) is 0.556. The Morgan fingerprint density at radius 1 is 1.33 bits per heavy atom. The highest BCUT2D eigenvalue weighted by Crippen LogP contribution is 2.19. The van der Waals surface area contributed by atoms with E-state index < -0.39 is 0 Å². The van der Waals surface area contributed by atoms with Crippen LogP contribution in [-0.4, -0.2) is 66.3 Å². The lowest BCUT2D eigenvalue weighted by Crippen LogP contribution is -2.47. The van der Waals surface area contributed by atoms with Gasteiger partial charge in [-0.05, 0) is 44.0 Å². The lowest BCUT2D eigenvalue weighted by Gasteiger charge is -2.28. The van der Waals surface area contributed by atoms with Crippen molar-refractivity contribution in [2.45, 2.75) is 32.4 Å². The second-order valence-electron chi connectivity index (χ2n) is 6.40. The Kier molecular flexibility index (Phi) is 6.31. The Labute approximate surface area is 143 Å². The van der Waals surface area contributed by atoms with Crippen LogP contribution in [0.5, 0.6) is 0 Å². The average Bonchev–Trinajstić information content (AvgIpc) is 2.99. The van der Waals surface area contributed by atoms with Gasteiger partial charge >= 0.3 is 0 Å². The van der Waals surface area contributed by atoms with Crippen LogP contribution in [0.2, 0.25) is 0 Å². The summed E-state index contributed by atoms with van der Waals surface area (Å²) in [5.41, 5.74) is 0.771. The lowest BCUT2D eigenvalue weighted by molar-refractivity contribution is -0.137. The lowest BCUT2D eigenvalue weighted by atomic mass is 10.2. The Bertz CT molecular complexity index is 591. The topological polar surface area (TPSA) is 43.9 Å². The SMILES string of the molecule is CCN(Cc1cccc(F)c1)C(=O)CN1CCCC1C(=O)N(C)C. The molecule has 0 spiro atoms. The summed E-state index contributed by atoms with van der Waals surface area (Å²) in [6.45, 7) is 3.83. The van der Waals surface area contributed by atoms with Crippen molar-refractivity contribution in [1.29, 1.82) is 0 Å². The number of hydrogen-bond acceptors (Lipinski definition) is 3. The van der Waals surface area contributed by atoms with Crippen molar-refractivity contribution >= 4 is 11.8 Å². The maximum absolute atomic E-state index is 13.3. The van der Waals surface area contributed by atoms with E-state index >= 15 is 0 Å². The summed E-state index contributed by atoms with van der Waals surface area (Å²) >= 11 is 0. The average molecular weight is 335 g/mol. The number of carbonyl (C=O) groups is 2. The van der Waals surface area contributed by atoms with Crippen LogP contribution >= 0.6 is 0 Å². The van der Waals surface area contributed by atoms with E-state index in [1.165, 1.54) is 12.1 Å². The van der Waals surface area contributed by atoms with E-state index in [4.69, 9.17) is 0 Å². The van der Waals surface area contributed by atoms with Crippen LogP contribution in [0.25, 0.3) is 0 Å². The largest absolute Gasteiger partial charge is 0.347 e. The zero-order valence-corrected chi connectivity index (χ0v) is 14.7. The molecule has 1 unspecified atom stereocenters. The monoisotopic (exact) mass is 335 g/mol. The second kappa shape index (κ2) is 8.24. The third-order valence-corrected chi connectivity index (χ3v) is 4.42. The fourth-order valence-corrected chi connectivity index (χ4v) is 3.10. The van der Waals surface area contributed by atoms with E-state index in [0.717, 1.165) is 24.9 Å².